The molecule has 9 heteroatoms. The number of halogens is 1. The number of hydrogen-bond donors (Lipinski definition) is 1. The van der Waals surface area contributed by atoms with Crippen molar-refractivity contribution in [2.75, 3.05) is 23.7 Å². The largest absolute Gasteiger partial charge is 0.354 e. The van der Waals surface area contributed by atoms with Crippen molar-refractivity contribution in [1.29, 1.82) is 0 Å². The average molecular weight is 506 g/mol. The zero-order valence-corrected chi connectivity index (χ0v) is 22.0. The number of nitrogens with one attached hydrogen (secondary N) is 1. The Kier molecular flexibility index (Phi) is 10.2. The van der Waals surface area contributed by atoms with Crippen LogP contribution in [0, 0.1) is 19.7 Å². The van der Waals surface area contributed by atoms with E-state index in [2.05, 4.69) is 5.32 Å². The molecule has 0 aromatic heterocycles. The normalized spacial score (nSPS) is 12.2. The van der Waals surface area contributed by atoms with Crippen LogP contribution < -0.4 is 9.62 Å². The highest BCUT2D eigenvalue weighted by Crippen LogP contribution is 2.27. The molecule has 0 heterocycles. The van der Waals surface area contributed by atoms with Crippen molar-refractivity contribution in [3.8, 4) is 0 Å². The second-order valence-corrected chi connectivity index (χ2v) is 10.6. The van der Waals surface area contributed by atoms with E-state index in [9.17, 15) is 22.4 Å². The van der Waals surface area contributed by atoms with Gasteiger partial charge in [0.25, 0.3) is 0 Å². The molecule has 0 fully saturated rings. The monoisotopic (exact) mass is 505 g/mol. The number of carbonyl (C=O) groups excluding carboxylic acids is 2. The van der Waals surface area contributed by atoms with Gasteiger partial charge < -0.3 is 10.2 Å². The van der Waals surface area contributed by atoms with Crippen molar-refractivity contribution in [3.63, 3.8) is 0 Å². The van der Waals surface area contributed by atoms with Crippen LogP contribution in [0.15, 0.2) is 42.5 Å². The number of rotatable bonds is 12. The van der Waals surface area contributed by atoms with Gasteiger partial charge >= 0.3 is 0 Å². The first-order valence-electron chi connectivity index (χ1n) is 11.8. The van der Waals surface area contributed by atoms with Gasteiger partial charge in [-0.1, -0.05) is 50.6 Å². The summed E-state index contributed by atoms with van der Waals surface area (Å²) in [6.07, 6.45) is 3.12. The lowest BCUT2D eigenvalue weighted by atomic mass is 10.1. The molecule has 2 aromatic carbocycles. The molecule has 1 atom stereocenters. The number of carbonyl (C=O) groups is 2. The number of amides is 2. The fraction of sp³-hybridized carbons (Fsp3) is 0.462. The van der Waals surface area contributed by atoms with E-state index in [1.807, 2.05) is 13.0 Å². The standard InChI is InChI=1S/C26H36FN3O4S/c1-6-8-16-28-26(32)23(7-2)29(17-21-12-14-22(27)15-13-21)24(31)18-30(35(5,33)34)25-19(3)10-9-11-20(25)4/h9-15,23H,6-8,16-18H2,1-5H3,(H,28,32)/t23-/m0/s1. The van der Waals surface area contributed by atoms with E-state index in [1.54, 1.807) is 45.0 Å². The van der Waals surface area contributed by atoms with Gasteiger partial charge in [-0.05, 0) is 55.5 Å². The number of benzene rings is 2. The number of unbranched alkanes of at least 4 members (excludes halogenated alkanes) is 1. The van der Waals surface area contributed by atoms with Crippen LogP contribution in [0.1, 0.15) is 49.8 Å². The second-order valence-electron chi connectivity index (χ2n) is 8.73. The van der Waals surface area contributed by atoms with Gasteiger partial charge in [0.2, 0.25) is 21.8 Å². The molecule has 0 bridgehead atoms. The maximum absolute atomic E-state index is 13.7. The molecule has 0 saturated heterocycles. The Bertz CT molecular complexity index is 1100. The lowest BCUT2D eigenvalue weighted by molar-refractivity contribution is -0.140. The molecule has 0 unspecified atom stereocenters. The molecule has 192 valence electrons. The Hall–Kier alpha value is -2.94. The molecule has 0 saturated carbocycles. The number of para-hydroxylation sites is 1. The summed E-state index contributed by atoms with van der Waals surface area (Å²) in [5.41, 5.74) is 2.53. The number of nitrogens with zero attached hydrogens (tertiary/aromatic N) is 2. The number of anilines is 1. The van der Waals surface area contributed by atoms with Crippen LogP contribution in [-0.2, 0) is 26.2 Å². The quantitative estimate of drug-likeness (QED) is 0.443. The molecule has 0 radical (unpaired) electrons. The second kappa shape index (κ2) is 12.7. The minimum absolute atomic E-state index is 0.0448. The van der Waals surface area contributed by atoms with Crippen LogP contribution in [0.4, 0.5) is 10.1 Å². The summed E-state index contributed by atoms with van der Waals surface area (Å²) in [7, 11) is -3.80. The molecule has 0 aliphatic rings. The van der Waals surface area contributed by atoms with E-state index >= 15 is 0 Å². The number of aryl methyl sites for hydroxylation is 2. The molecular weight excluding hydrogens is 469 g/mol. The third-order valence-corrected chi connectivity index (χ3v) is 6.96. The third-order valence-electron chi connectivity index (χ3n) is 5.85. The van der Waals surface area contributed by atoms with Gasteiger partial charge in [-0.3, -0.25) is 13.9 Å². The summed E-state index contributed by atoms with van der Waals surface area (Å²) in [6, 6.07) is 10.3. The molecule has 2 amide bonds. The number of hydrogen-bond acceptors (Lipinski definition) is 4. The first kappa shape index (κ1) is 28.3. The maximum Gasteiger partial charge on any atom is 0.244 e. The molecule has 0 spiro atoms. The van der Waals surface area contributed by atoms with Gasteiger partial charge in [0, 0.05) is 13.1 Å². The van der Waals surface area contributed by atoms with Gasteiger partial charge in [0.05, 0.1) is 11.9 Å². The predicted octanol–water partition coefficient (Wildman–Crippen LogP) is 3.93. The highest BCUT2D eigenvalue weighted by molar-refractivity contribution is 7.92. The summed E-state index contributed by atoms with van der Waals surface area (Å²) < 4.78 is 40.1. The van der Waals surface area contributed by atoms with Gasteiger partial charge in [0.15, 0.2) is 0 Å². The molecule has 0 aliphatic carbocycles. The summed E-state index contributed by atoms with van der Waals surface area (Å²) in [6.45, 7) is 7.47. The molecule has 35 heavy (non-hydrogen) atoms. The third kappa shape index (κ3) is 7.78. The maximum atomic E-state index is 13.7. The van der Waals surface area contributed by atoms with Crippen molar-refractivity contribution in [2.45, 2.75) is 59.5 Å². The van der Waals surface area contributed by atoms with E-state index in [1.165, 1.54) is 17.0 Å². The first-order valence-corrected chi connectivity index (χ1v) is 13.7. The van der Waals surface area contributed by atoms with Gasteiger partial charge in [-0.15, -0.1) is 0 Å². The van der Waals surface area contributed by atoms with Crippen LogP contribution in [0.5, 0.6) is 0 Å². The Morgan fingerprint density at radius 2 is 1.63 bits per heavy atom. The van der Waals surface area contributed by atoms with E-state index in [0.29, 0.717) is 24.2 Å². The topological polar surface area (TPSA) is 86.8 Å². The Morgan fingerprint density at radius 1 is 1.03 bits per heavy atom. The first-order chi connectivity index (χ1) is 16.5. The minimum atomic E-state index is -3.80. The zero-order chi connectivity index (χ0) is 26.2. The predicted molar refractivity (Wildman–Crippen MR) is 137 cm³/mol. The molecule has 7 nitrogen and oxygen atoms in total. The van der Waals surface area contributed by atoms with E-state index in [4.69, 9.17) is 0 Å². The Morgan fingerprint density at radius 3 is 2.14 bits per heavy atom. The SMILES string of the molecule is CCCCNC(=O)[C@H](CC)N(Cc1ccc(F)cc1)C(=O)CN(c1c(C)cccc1C)S(C)(=O)=O. The number of sulfonamides is 1. The molecule has 0 aliphatic heterocycles. The van der Waals surface area contributed by atoms with Gasteiger partial charge in [-0.25, -0.2) is 12.8 Å². The van der Waals surface area contributed by atoms with Crippen LogP contribution in [0.2, 0.25) is 0 Å². The van der Waals surface area contributed by atoms with Gasteiger partial charge in [-0.2, -0.15) is 0 Å². The van der Waals surface area contributed by atoms with E-state index in [-0.39, 0.29) is 12.5 Å². The summed E-state index contributed by atoms with van der Waals surface area (Å²) in [5.74, 6) is -1.22. The molecule has 1 N–H and O–H groups in total. The van der Waals surface area contributed by atoms with Crippen LogP contribution >= 0.6 is 0 Å². The Balaban J connectivity index is 2.45. The summed E-state index contributed by atoms with van der Waals surface area (Å²) >= 11 is 0. The molecule has 2 rings (SSSR count). The lowest BCUT2D eigenvalue weighted by Crippen LogP contribution is -2.52. The van der Waals surface area contributed by atoms with Crippen molar-refractivity contribution < 1.29 is 22.4 Å². The van der Waals surface area contributed by atoms with Crippen LogP contribution in [0.3, 0.4) is 0 Å². The van der Waals surface area contributed by atoms with E-state index in [0.717, 1.165) is 34.5 Å². The minimum Gasteiger partial charge on any atom is -0.354 e. The van der Waals surface area contributed by atoms with Crippen molar-refractivity contribution in [3.05, 3.63) is 65.0 Å². The average Bonchev–Trinajstić information content (AvgIpc) is 2.78. The summed E-state index contributed by atoms with van der Waals surface area (Å²) in [5, 5.41) is 2.87. The highest BCUT2D eigenvalue weighted by atomic mass is 32.2. The van der Waals surface area contributed by atoms with Crippen LogP contribution in [-0.4, -0.2) is 50.5 Å². The molecular formula is C26H36FN3O4S. The Labute approximate surface area is 208 Å². The van der Waals surface area contributed by atoms with Crippen molar-refractivity contribution >= 4 is 27.5 Å². The highest BCUT2D eigenvalue weighted by Gasteiger charge is 2.32. The van der Waals surface area contributed by atoms with Crippen molar-refractivity contribution in [1.82, 2.24) is 10.2 Å². The fourth-order valence-electron chi connectivity index (χ4n) is 3.99. The lowest BCUT2D eigenvalue weighted by Gasteiger charge is -2.33. The van der Waals surface area contributed by atoms with E-state index < -0.39 is 34.3 Å². The smallest absolute Gasteiger partial charge is 0.244 e. The summed E-state index contributed by atoms with van der Waals surface area (Å²) in [4.78, 5) is 28.1. The fourth-order valence-corrected chi connectivity index (χ4v) is 4.95. The van der Waals surface area contributed by atoms with Gasteiger partial charge in [0.1, 0.15) is 18.4 Å². The zero-order valence-electron chi connectivity index (χ0n) is 21.2. The van der Waals surface area contributed by atoms with Crippen LogP contribution in [0.25, 0.3) is 0 Å². The van der Waals surface area contributed by atoms with Crippen molar-refractivity contribution in [2.24, 2.45) is 0 Å². The molecule has 2 aromatic rings.